The van der Waals surface area contributed by atoms with Gasteiger partial charge >= 0.3 is 11.9 Å². The SMILES string of the molecule is CC(C)Cc1ccc(C(=O)O)c(C(=O)O)c1CC(C)C. The van der Waals surface area contributed by atoms with Crippen LogP contribution in [0.25, 0.3) is 0 Å². The second-order valence-corrected chi connectivity index (χ2v) is 5.93. The first-order valence-corrected chi connectivity index (χ1v) is 6.85. The van der Waals surface area contributed by atoms with Crippen molar-refractivity contribution in [2.45, 2.75) is 40.5 Å². The maximum Gasteiger partial charge on any atom is 0.336 e. The van der Waals surface area contributed by atoms with E-state index in [0.717, 1.165) is 12.0 Å². The summed E-state index contributed by atoms with van der Waals surface area (Å²) in [5.41, 5.74) is 1.43. The molecular weight excluding hydrogens is 256 g/mol. The van der Waals surface area contributed by atoms with Crippen molar-refractivity contribution in [3.63, 3.8) is 0 Å². The van der Waals surface area contributed by atoms with Gasteiger partial charge < -0.3 is 10.2 Å². The number of aromatic carboxylic acids is 2. The molecule has 2 N–H and O–H groups in total. The first-order chi connectivity index (χ1) is 9.23. The maximum absolute atomic E-state index is 11.5. The molecule has 1 rings (SSSR count). The van der Waals surface area contributed by atoms with Gasteiger partial charge in [-0.15, -0.1) is 0 Å². The topological polar surface area (TPSA) is 74.6 Å². The molecule has 0 aliphatic carbocycles. The van der Waals surface area contributed by atoms with E-state index in [1.807, 2.05) is 13.8 Å². The van der Waals surface area contributed by atoms with Crippen LogP contribution in [-0.4, -0.2) is 22.2 Å². The van der Waals surface area contributed by atoms with Crippen molar-refractivity contribution >= 4 is 11.9 Å². The van der Waals surface area contributed by atoms with E-state index >= 15 is 0 Å². The second kappa shape index (κ2) is 6.55. The summed E-state index contributed by atoms with van der Waals surface area (Å²) < 4.78 is 0. The van der Waals surface area contributed by atoms with Crippen LogP contribution in [0.5, 0.6) is 0 Å². The van der Waals surface area contributed by atoms with Crippen LogP contribution in [0.3, 0.4) is 0 Å². The maximum atomic E-state index is 11.5. The van der Waals surface area contributed by atoms with Gasteiger partial charge in [-0.2, -0.15) is 0 Å². The highest BCUT2D eigenvalue weighted by atomic mass is 16.4. The van der Waals surface area contributed by atoms with Crippen LogP contribution < -0.4 is 0 Å². The molecule has 0 aliphatic rings. The molecule has 0 aliphatic heterocycles. The quantitative estimate of drug-likeness (QED) is 0.835. The van der Waals surface area contributed by atoms with Gasteiger partial charge in [0.15, 0.2) is 0 Å². The number of carboxylic acid groups (broad SMARTS) is 2. The van der Waals surface area contributed by atoms with E-state index in [2.05, 4.69) is 13.8 Å². The molecule has 0 unspecified atom stereocenters. The fraction of sp³-hybridized carbons (Fsp3) is 0.500. The van der Waals surface area contributed by atoms with E-state index in [1.165, 1.54) is 6.07 Å². The molecule has 4 nitrogen and oxygen atoms in total. The summed E-state index contributed by atoms with van der Waals surface area (Å²) in [6, 6.07) is 3.17. The van der Waals surface area contributed by atoms with Crippen molar-refractivity contribution in [3.8, 4) is 0 Å². The molecule has 0 bridgehead atoms. The first-order valence-electron chi connectivity index (χ1n) is 6.85. The van der Waals surface area contributed by atoms with Gasteiger partial charge in [0.05, 0.1) is 11.1 Å². The largest absolute Gasteiger partial charge is 0.478 e. The molecule has 0 atom stereocenters. The molecule has 0 aromatic heterocycles. The summed E-state index contributed by atoms with van der Waals surface area (Å²) in [6.07, 6.45) is 1.33. The summed E-state index contributed by atoms with van der Waals surface area (Å²) in [7, 11) is 0. The molecule has 0 saturated carbocycles. The minimum atomic E-state index is -1.19. The predicted molar refractivity (Wildman–Crippen MR) is 77.4 cm³/mol. The van der Waals surface area contributed by atoms with Crippen molar-refractivity contribution in [1.29, 1.82) is 0 Å². The minimum Gasteiger partial charge on any atom is -0.478 e. The lowest BCUT2D eigenvalue weighted by atomic mass is 9.87. The van der Waals surface area contributed by atoms with Gasteiger partial charge in [-0.3, -0.25) is 0 Å². The van der Waals surface area contributed by atoms with E-state index in [-0.39, 0.29) is 17.0 Å². The third-order valence-electron chi connectivity index (χ3n) is 3.09. The Labute approximate surface area is 119 Å². The molecule has 0 spiro atoms. The normalized spacial score (nSPS) is 11.1. The molecule has 0 saturated heterocycles. The lowest BCUT2D eigenvalue weighted by Crippen LogP contribution is -2.16. The van der Waals surface area contributed by atoms with Gasteiger partial charge in [-0.05, 0) is 41.9 Å². The predicted octanol–water partition coefficient (Wildman–Crippen LogP) is 3.48. The number of carbonyl (C=O) groups is 2. The Bertz CT molecular complexity index is 515. The van der Waals surface area contributed by atoms with Crippen LogP contribution in [0.2, 0.25) is 0 Å². The summed E-state index contributed by atoms with van der Waals surface area (Å²) in [6.45, 7) is 8.12. The number of hydrogen-bond acceptors (Lipinski definition) is 2. The van der Waals surface area contributed by atoms with Gasteiger partial charge in [-0.1, -0.05) is 33.8 Å². The van der Waals surface area contributed by atoms with Crippen molar-refractivity contribution in [3.05, 3.63) is 34.4 Å². The number of hydrogen-bond donors (Lipinski definition) is 2. The zero-order chi connectivity index (χ0) is 15.4. The third kappa shape index (κ3) is 3.83. The highest BCUT2D eigenvalue weighted by Crippen LogP contribution is 2.25. The Kier molecular flexibility index (Phi) is 5.31. The Hall–Kier alpha value is -1.84. The smallest absolute Gasteiger partial charge is 0.336 e. The second-order valence-electron chi connectivity index (χ2n) is 5.93. The van der Waals surface area contributed by atoms with Crippen molar-refractivity contribution in [2.24, 2.45) is 11.8 Å². The van der Waals surface area contributed by atoms with Gasteiger partial charge in [0.2, 0.25) is 0 Å². The molecule has 0 radical (unpaired) electrons. The molecule has 0 heterocycles. The zero-order valence-corrected chi connectivity index (χ0v) is 12.4. The fourth-order valence-electron chi connectivity index (χ4n) is 2.39. The van der Waals surface area contributed by atoms with Crippen LogP contribution in [0.4, 0.5) is 0 Å². The average Bonchev–Trinajstić information content (AvgIpc) is 2.28. The lowest BCUT2D eigenvalue weighted by molar-refractivity contribution is 0.0650. The molecular formula is C16H22O4. The Balaban J connectivity index is 3.52. The van der Waals surface area contributed by atoms with Gasteiger partial charge in [0.25, 0.3) is 0 Å². The zero-order valence-electron chi connectivity index (χ0n) is 12.4. The summed E-state index contributed by atoms with van der Waals surface area (Å²) in [5.74, 6) is -1.70. The van der Waals surface area contributed by atoms with Crippen molar-refractivity contribution in [2.75, 3.05) is 0 Å². The Morgan fingerprint density at radius 3 is 1.90 bits per heavy atom. The van der Waals surface area contributed by atoms with Crippen molar-refractivity contribution in [1.82, 2.24) is 0 Å². The van der Waals surface area contributed by atoms with E-state index < -0.39 is 11.9 Å². The summed E-state index contributed by atoms with van der Waals surface area (Å²) in [4.78, 5) is 22.7. The molecule has 20 heavy (non-hydrogen) atoms. The lowest BCUT2D eigenvalue weighted by Gasteiger charge is -2.17. The molecule has 4 heteroatoms. The van der Waals surface area contributed by atoms with E-state index in [0.29, 0.717) is 17.9 Å². The van der Waals surface area contributed by atoms with Crippen LogP contribution in [0, 0.1) is 11.8 Å². The molecule has 0 fully saturated rings. The fourth-order valence-corrected chi connectivity index (χ4v) is 2.39. The van der Waals surface area contributed by atoms with E-state index in [9.17, 15) is 19.8 Å². The first kappa shape index (κ1) is 16.2. The van der Waals surface area contributed by atoms with E-state index in [1.54, 1.807) is 6.07 Å². The van der Waals surface area contributed by atoms with Crippen LogP contribution >= 0.6 is 0 Å². The van der Waals surface area contributed by atoms with Crippen LogP contribution in [0.15, 0.2) is 12.1 Å². The van der Waals surface area contributed by atoms with Gasteiger partial charge in [0.1, 0.15) is 0 Å². The third-order valence-corrected chi connectivity index (χ3v) is 3.09. The average molecular weight is 278 g/mol. The molecule has 1 aromatic carbocycles. The highest BCUT2D eigenvalue weighted by molar-refractivity contribution is 6.03. The number of carboxylic acids is 2. The molecule has 110 valence electrons. The van der Waals surface area contributed by atoms with Gasteiger partial charge in [0, 0.05) is 0 Å². The van der Waals surface area contributed by atoms with Crippen molar-refractivity contribution < 1.29 is 19.8 Å². The highest BCUT2D eigenvalue weighted by Gasteiger charge is 2.23. The number of rotatable bonds is 6. The van der Waals surface area contributed by atoms with E-state index in [4.69, 9.17) is 0 Å². The monoisotopic (exact) mass is 278 g/mol. The summed E-state index contributed by atoms with van der Waals surface area (Å²) >= 11 is 0. The minimum absolute atomic E-state index is 0.0515. The number of benzene rings is 1. The Morgan fingerprint density at radius 1 is 0.950 bits per heavy atom. The summed E-state index contributed by atoms with van der Waals surface area (Å²) in [5, 5.41) is 18.6. The Morgan fingerprint density at radius 2 is 1.50 bits per heavy atom. The van der Waals surface area contributed by atoms with Crippen LogP contribution in [0.1, 0.15) is 59.5 Å². The molecule has 1 aromatic rings. The molecule has 0 amide bonds. The van der Waals surface area contributed by atoms with Gasteiger partial charge in [-0.25, -0.2) is 9.59 Å². The standard InChI is InChI=1S/C16H22O4/c1-9(2)7-11-5-6-12(15(17)18)14(16(19)20)13(11)8-10(3)4/h5-6,9-10H,7-8H2,1-4H3,(H,17,18)(H,19,20). The van der Waals surface area contributed by atoms with Crippen LogP contribution in [-0.2, 0) is 12.8 Å².